The summed E-state index contributed by atoms with van der Waals surface area (Å²) in [5.41, 5.74) is -1.41. The minimum Gasteiger partial charge on any atom is -0.378 e. The fourth-order valence-electron chi connectivity index (χ4n) is 1.97. The number of hydrogen-bond acceptors (Lipinski definition) is 5. The normalized spacial score (nSPS) is 18.6. The smallest absolute Gasteiger partial charge is 0.378 e. The van der Waals surface area contributed by atoms with Crippen LogP contribution in [-0.2, 0) is 18.3 Å². The highest BCUT2D eigenvalue weighted by Gasteiger charge is 2.64. The van der Waals surface area contributed by atoms with Gasteiger partial charge in [0.15, 0.2) is 5.44 Å². The van der Waals surface area contributed by atoms with Crippen LogP contribution in [0, 0.1) is 0 Å². The van der Waals surface area contributed by atoms with E-state index >= 15 is 0 Å². The predicted octanol–water partition coefficient (Wildman–Crippen LogP) is 3.92. The molecular weight excluding hydrogens is 367 g/mol. The quantitative estimate of drug-likeness (QED) is 0.491. The van der Waals surface area contributed by atoms with Gasteiger partial charge in [-0.05, 0) is 13.8 Å². The minimum atomic E-state index is -6.20. The lowest BCUT2D eigenvalue weighted by Crippen LogP contribution is -2.42. The van der Waals surface area contributed by atoms with E-state index < -0.39 is 31.0 Å². The molecule has 0 aromatic rings. The summed E-state index contributed by atoms with van der Waals surface area (Å²) in [6, 6.07) is 0. The van der Waals surface area contributed by atoms with E-state index in [1.54, 1.807) is 0 Å². The highest BCUT2D eigenvalue weighted by Crippen LogP contribution is 2.61. The Morgan fingerprint density at radius 3 is 1.92 bits per heavy atom. The maximum Gasteiger partial charge on any atom is 0.460 e. The first-order valence-electron chi connectivity index (χ1n) is 7.08. The lowest BCUT2D eigenvalue weighted by Gasteiger charge is -2.35. The molecule has 0 aromatic carbocycles. The van der Waals surface area contributed by atoms with Gasteiger partial charge in [-0.15, -0.1) is 0 Å². The SMILES string of the molecule is CCOP(=O)(OCC)/C(=C(\F)C(F)(F)C(F)(F)F)N1CCOCC1. The van der Waals surface area contributed by atoms with Crippen LogP contribution < -0.4 is 0 Å². The lowest BCUT2D eigenvalue weighted by molar-refractivity contribution is -0.271. The van der Waals surface area contributed by atoms with Crippen LogP contribution in [-0.4, -0.2) is 56.5 Å². The Hall–Kier alpha value is -0.770. The third-order valence-corrected chi connectivity index (χ3v) is 5.19. The molecule has 1 heterocycles. The Morgan fingerprint density at radius 2 is 1.54 bits per heavy atom. The van der Waals surface area contributed by atoms with E-state index in [1.165, 1.54) is 13.8 Å². The molecular formula is C12H18F6NO4P. The van der Waals surface area contributed by atoms with Crippen molar-refractivity contribution in [2.45, 2.75) is 25.9 Å². The average Bonchev–Trinajstić information content (AvgIpc) is 2.47. The largest absolute Gasteiger partial charge is 0.460 e. The Bertz CT molecular complexity index is 494. The van der Waals surface area contributed by atoms with Crippen molar-refractivity contribution >= 4 is 7.60 Å². The Labute approximate surface area is 135 Å². The zero-order valence-electron chi connectivity index (χ0n) is 13.0. The summed E-state index contributed by atoms with van der Waals surface area (Å²) in [4.78, 5) is 0.782. The molecule has 1 saturated heterocycles. The standard InChI is InChI=1S/C12H18F6NO4P/c1-3-22-24(20,23-4-2)10(19-5-7-21-8-6-19)9(13)11(14,15)12(16,17)18/h3-8H2,1-2H3/b10-9-. The average molecular weight is 385 g/mol. The second-order valence-corrected chi connectivity index (χ2v) is 6.58. The maximum absolute atomic E-state index is 14.3. The number of ether oxygens (including phenoxy) is 1. The lowest BCUT2D eigenvalue weighted by atomic mass is 10.3. The highest BCUT2D eigenvalue weighted by molar-refractivity contribution is 7.58. The number of alkyl halides is 5. The summed E-state index contributed by atoms with van der Waals surface area (Å²) < 4.78 is 106. The first-order valence-corrected chi connectivity index (χ1v) is 8.62. The molecule has 0 unspecified atom stereocenters. The van der Waals surface area contributed by atoms with Crippen LogP contribution in [0.15, 0.2) is 11.3 Å². The number of rotatable bonds is 7. The molecule has 0 spiro atoms. The molecule has 1 aliphatic heterocycles. The van der Waals surface area contributed by atoms with Gasteiger partial charge in [0.05, 0.1) is 26.4 Å². The fourth-order valence-corrected chi connectivity index (χ4v) is 3.90. The van der Waals surface area contributed by atoms with Gasteiger partial charge >= 0.3 is 19.7 Å². The molecule has 0 aliphatic carbocycles. The number of allylic oxidation sites excluding steroid dienone is 1. The van der Waals surface area contributed by atoms with Gasteiger partial charge < -0.3 is 18.7 Å². The molecule has 0 N–H and O–H groups in total. The van der Waals surface area contributed by atoms with Gasteiger partial charge in [-0.2, -0.15) is 22.0 Å². The van der Waals surface area contributed by atoms with Crippen LogP contribution in [0.1, 0.15) is 13.8 Å². The van der Waals surface area contributed by atoms with Crippen molar-refractivity contribution in [3.63, 3.8) is 0 Å². The summed E-state index contributed by atoms with van der Waals surface area (Å²) in [5.74, 6) is -8.72. The van der Waals surface area contributed by atoms with Crippen molar-refractivity contribution < 1.29 is 44.7 Å². The summed E-state index contributed by atoms with van der Waals surface area (Å²) in [7, 11) is -4.73. The van der Waals surface area contributed by atoms with E-state index in [2.05, 4.69) is 0 Å². The van der Waals surface area contributed by atoms with Gasteiger partial charge in [-0.3, -0.25) is 4.57 Å². The van der Waals surface area contributed by atoms with Gasteiger partial charge in [0, 0.05) is 13.1 Å². The molecule has 0 bridgehead atoms. The molecule has 0 atom stereocenters. The highest BCUT2D eigenvalue weighted by atomic mass is 31.2. The van der Waals surface area contributed by atoms with Crippen molar-refractivity contribution in [3.8, 4) is 0 Å². The summed E-state index contributed by atoms with van der Waals surface area (Å²) in [6.45, 7) is 1.37. The third-order valence-electron chi connectivity index (χ3n) is 3.00. The molecule has 1 fully saturated rings. The van der Waals surface area contributed by atoms with E-state index in [0.29, 0.717) is 0 Å². The fraction of sp³-hybridized carbons (Fsp3) is 0.833. The van der Waals surface area contributed by atoms with Crippen LogP contribution in [0.4, 0.5) is 26.3 Å². The zero-order chi connectivity index (χ0) is 18.6. The molecule has 0 aromatic heterocycles. The van der Waals surface area contributed by atoms with Crippen LogP contribution in [0.2, 0.25) is 0 Å². The topological polar surface area (TPSA) is 48.0 Å². The zero-order valence-corrected chi connectivity index (χ0v) is 13.9. The minimum absolute atomic E-state index is 0.0629. The number of morpholine rings is 1. The second kappa shape index (κ2) is 8.07. The Morgan fingerprint density at radius 1 is 1.08 bits per heavy atom. The van der Waals surface area contributed by atoms with Crippen LogP contribution in [0.3, 0.4) is 0 Å². The molecule has 1 rings (SSSR count). The van der Waals surface area contributed by atoms with Gasteiger partial charge in [0.2, 0.25) is 5.83 Å². The van der Waals surface area contributed by atoms with Crippen LogP contribution in [0.25, 0.3) is 0 Å². The van der Waals surface area contributed by atoms with Crippen molar-refractivity contribution in [2.75, 3.05) is 39.5 Å². The molecule has 0 saturated carbocycles. The van der Waals surface area contributed by atoms with Crippen molar-refractivity contribution in [3.05, 3.63) is 11.3 Å². The predicted molar refractivity (Wildman–Crippen MR) is 72.4 cm³/mol. The van der Waals surface area contributed by atoms with E-state index in [0.717, 1.165) is 4.90 Å². The molecule has 0 radical (unpaired) electrons. The van der Waals surface area contributed by atoms with Gasteiger partial charge in [-0.1, -0.05) is 0 Å². The van der Waals surface area contributed by atoms with Crippen molar-refractivity contribution in [1.29, 1.82) is 0 Å². The van der Waals surface area contributed by atoms with Crippen LogP contribution in [0.5, 0.6) is 0 Å². The molecule has 142 valence electrons. The van der Waals surface area contributed by atoms with E-state index in [1.807, 2.05) is 0 Å². The van der Waals surface area contributed by atoms with E-state index in [-0.39, 0.29) is 39.5 Å². The first-order chi connectivity index (χ1) is 11.0. The summed E-state index contributed by atoms with van der Waals surface area (Å²) in [5, 5.41) is 0. The molecule has 0 amide bonds. The molecule has 12 heteroatoms. The third kappa shape index (κ3) is 4.44. The van der Waals surface area contributed by atoms with Gasteiger partial charge in [0.1, 0.15) is 0 Å². The second-order valence-electron chi connectivity index (χ2n) is 4.64. The Balaban J connectivity index is 3.52. The number of halogens is 6. The first kappa shape index (κ1) is 21.3. The van der Waals surface area contributed by atoms with Gasteiger partial charge in [-0.25, -0.2) is 4.39 Å². The molecule has 5 nitrogen and oxygen atoms in total. The Kier molecular flexibility index (Phi) is 7.16. The summed E-state index contributed by atoms with van der Waals surface area (Å²) >= 11 is 0. The van der Waals surface area contributed by atoms with Gasteiger partial charge in [0.25, 0.3) is 0 Å². The van der Waals surface area contributed by atoms with Crippen molar-refractivity contribution in [2.24, 2.45) is 0 Å². The van der Waals surface area contributed by atoms with Crippen molar-refractivity contribution in [1.82, 2.24) is 4.90 Å². The molecule has 1 aliphatic rings. The van der Waals surface area contributed by atoms with E-state index in [9.17, 15) is 30.9 Å². The summed E-state index contributed by atoms with van der Waals surface area (Å²) in [6.07, 6.45) is -6.20. The van der Waals surface area contributed by atoms with E-state index in [4.69, 9.17) is 13.8 Å². The van der Waals surface area contributed by atoms with Crippen LogP contribution >= 0.6 is 7.60 Å². The maximum atomic E-state index is 14.3. The monoisotopic (exact) mass is 385 g/mol. The number of hydrogen-bond donors (Lipinski definition) is 0. The molecule has 24 heavy (non-hydrogen) atoms. The number of nitrogens with zero attached hydrogens (tertiary/aromatic N) is 1.